The lowest BCUT2D eigenvalue weighted by Crippen LogP contribution is -2.23. The van der Waals surface area contributed by atoms with Gasteiger partial charge in [0.2, 0.25) is 5.95 Å². The van der Waals surface area contributed by atoms with E-state index in [4.69, 9.17) is 0 Å². The summed E-state index contributed by atoms with van der Waals surface area (Å²) >= 11 is 0. The Morgan fingerprint density at radius 2 is 1.70 bits per heavy atom. The third-order valence-electron chi connectivity index (χ3n) is 3.41. The number of rotatable bonds is 3. The topological polar surface area (TPSA) is 70.2 Å². The molecule has 23 heavy (non-hydrogen) atoms. The van der Waals surface area contributed by atoms with Crippen LogP contribution in [0.3, 0.4) is 0 Å². The molecule has 2 N–H and O–H groups in total. The number of aryl methyl sites for hydroxylation is 2. The zero-order valence-corrected chi connectivity index (χ0v) is 13.9. The molecule has 2 amide bonds. The highest BCUT2D eigenvalue weighted by molar-refractivity contribution is 6.00. The van der Waals surface area contributed by atoms with Gasteiger partial charge in [-0.1, -0.05) is 6.07 Å². The van der Waals surface area contributed by atoms with Crippen LogP contribution in [-0.4, -0.2) is 30.1 Å². The number of nitrogens with one attached hydrogen (secondary N) is 2. The van der Waals surface area contributed by atoms with Crippen molar-refractivity contribution in [3.63, 3.8) is 0 Å². The van der Waals surface area contributed by atoms with Crippen molar-refractivity contribution in [3.05, 3.63) is 41.0 Å². The maximum Gasteiger partial charge on any atom is 0.323 e. The average Bonchev–Trinajstić information content (AvgIpc) is 2.47. The van der Waals surface area contributed by atoms with Crippen LogP contribution in [0.4, 0.5) is 26.5 Å². The van der Waals surface area contributed by atoms with Crippen molar-refractivity contribution < 1.29 is 9.18 Å². The van der Waals surface area contributed by atoms with Crippen LogP contribution < -0.4 is 15.5 Å². The molecule has 0 aliphatic rings. The summed E-state index contributed by atoms with van der Waals surface area (Å²) in [7, 11) is 3.70. The van der Waals surface area contributed by atoms with Gasteiger partial charge >= 0.3 is 6.03 Å². The van der Waals surface area contributed by atoms with Gasteiger partial charge in [-0.05, 0) is 32.9 Å². The van der Waals surface area contributed by atoms with E-state index in [1.54, 1.807) is 37.8 Å². The molecule has 0 atom stereocenters. The molecule has 7 heteroatoms. The minimum atomic E-state index is -0.467. The first kappa shape index (κ1) is 16.7. The standard InChI is InChI=1S/C16H20FN5O/c1-9-12(17)7-6-8-13(9)20-16(23)21-14-10(2)18-15(22(4)5)19-11(14)3/h6-8H,1-5H3,(H2,20,21,23). The average molecular weight is 317 g/mol. The van der Waals surface area contributed by atoms with E-state index in [1.807, 2.05) is 14.1 Å². The maximum atomic E-state index is 13.5. The van der Waals surface area contributed by atoms with Crippen molar-refractivity contribution in [1.82, 2.24) is 9.97 Å². The summed E-state index contributed by atoms with van der Waals surface area (Å²) in [6.45, 7) is 5.20. The molecule has 0 aliphatic heterocycles. The Hall–Kier alpha value is -2.70. The summed E-state index contributed by atoms with van der Waals surface area (Å²) in [6, 6.07) is 4.07. The molecule has 0 fully saturated rings. The predicted octanol–water partition coefficient (Wildman–Crippen LogP) is 3.25. The molecular formula is C16H20FN5O. The van der Waals surface area contributed by atoms with Crippen LogP contribution in [0, 0.1) is 26.6 Å². The van der Waals surface area contributed by atoms with E-state index in [2.05, 4.69) is 20.6 Å². The van der Waals surface area contributed by atoms with Gasteiger partial charge in [0.1, 0.15) is 5.82 Å². The summed E-state index contributed by atoms with van der Waals surface area (Å²) in [5, 5.41) is 5.36. The molecule has 0 spiro atoms. The van der Waals surface area contributed by atoms with Crippen molar-refractivity contribution in [2.45, 2.75) is 20.8 Å². The van der Waals surface area contributed by atoms with Gasteiger partial charge in [-0.25, -0.2) is 19.2 Å². The number of nitrogens with zero attached hydrogens (tertiary/aromatic N) is 3. The fourth-order valence-electron chi connectivity index (χ4n) is 2.09. The van der Waals surface area contributed by atoms with Crippen molar-refractivity contribution in [1.29, 1.82) is 0 Å². The highest BCUT2D eigenvalue weighted by atomic mass is 19.1. The molecular weight excluding hydrogens is 297 g/mol. The van der Waals surface area contributed by atoms with Gasteiger partial charge in [-0.2, -0.15) is 0 Å². The smallest absolute Gasteiger partial charge is 0.323 e. The fourth-order valence-corrected chi connectivity index (χ4v) is 2.09. The first-order valence-electron chi connectivity index (χ1n) is 7.15. The number of aromatic nitrogens is 2. The van der Waals surface area contributed by atoms with Gasteiger partial charge in [0.05, 0.1) is 17.1 Å². The van der Waals surface area contributed by atoms with Crippen molar-refractivity contribution in [2.24, 2.45) is 0 Å². The maximum absolute atomic E-state index is 13.5. The SMILES string of the molecule is Cc1nc(N(C)C)nc(C)c1NC(=O)Nc1cccc(F)c1C. The molecule has 2 rings (SSSR count). The second kappa shape index (κ2) is 6.60. The summed E-state index contributed by atoms with van der Waals surface area (Å²) in [4.78, 5) is 22.6. The zero-order chi connectivity index (χ0) is 17.1. The van der Waals surface area contributed by atoms with E-state index in [9.17, 15) is 9.18 Å². The molecule has 122 valence electrons. The summed E-state index contributed by atoms with van der Waals surface area (Å²) in [6.07, 6.45) is 0. The second-order valence-electron chi connectivity index (χ2n) is 5.46. The number of carbonyl (C=O) groups excluding carboxylic acids is 1. The normalized spacial score (nSPS) is 10.3. The second-order valence-corrected chi connectivity index (χ2v) is 5.46. The van der Waals surface area contributed by atoms with Crippen molar-refractivity contribution in [3.8, 4) is 0 Å². The van der Waals surface area contributed by atoms with Crippen LogP contribution in [0.2, 0.25) is 0 Å². The molecule has 2 aromatic rings. The fraction of sp³-hybridized carbons (Fsp3) is 0.312. The Morgan fingerprint density at radius 1 is 1.09 bits per heavy atom. The van der Waals surface area contributed by atoms with E-state index < -0.39 is 6.03 Å². The van der Waals surface area contributed by atoms with Gasteiger partial charge < -0.3 is 15.5 Å². The third kappa shape index (κ3) is 3.74. The molecule has 0 aliphatic carbocycles. The molecule has 0 saturated heterocycles. The number of amides is 2. The number of halogens is 1. The van der Waals surface area contributed by atoms with Gasteiger partial charge in [0.25, 0.3) is 0 Å². The molecule has 1 aromatic carbocycles. The summed E-state index contributed by atoms with van der Waals surface area (Å²) in [5.41, 5.74) is 2.67. The monoisotopic (exact) mass is 317 g/mol. The lowest BCUT2D eigenvalue weighted by Gasteiger charge is -2.16. The van der Waals surface area contributed by atoms with Crippen LogP contribution >= 0.6 is 0 Å². The van der Waals surface area contributed by atoms with E-state index in [1.165, 1.54) is 6.07 Å². The van der Waals surface area contributed by atoms with Crippen molar-refractivity contribution in [2.75, 3.05) is 29.6 Å². The Labute approximate surface area is 134 Å². The highest BCUT2D eigenvalue weighted by Gasteiger charge is 2.13. The van der Waals surface area contributed by atoms with E-state index >= 15 is 0 Å². The summed E-state index contributed by atoms with van der Waals surface area (Å²) in [5.74, 6) is 0.209. The first-order valence-corrected chi connectivity index (χ1v) is 7.15. The largest absolute Gasteiger partial charge is 0.347 e. The van der Waals surface area contributed by atoms with Crippen LogP contribution in [0.5, 0.6) is 0 Å². The van der Waals surface area contributed by atoms with Gasteiger partial charge in [0.15, 0.2) is 0 Å². The Morgan fingerprint density at radius 3 is 2.26 bits per heavy atom. The summed E-state index contributed by atoms with van der Waals surface area (Å²) < 4.78 is 13.5. The molecule has 1 aromatic heterocycles. The third-order valence-corrected chi connectivity index (χ3v) is 3.41. The number of hydrogen-bond acceptors (Lipinski definition) is 4. The highest BCUT2D eigenvalue weighted by Crippen LogP contribution is 2.21. The number of hydrogen-bond donors (Lipinski definition) is 2. The molecule has 1 heterocycles. The predicted molar refractivity (Wildman–Crippen MR) is 89.6 cm³/mol. The zero-order valence-electron chi connectivity index (χ0n) is 13.9. The number of anilines is 3. The van der Waals surface area contributed by atoms with E-state index in [0.29, 0.717) is 34.3 Å². The Balaban J connectivity index is 2.19. The van der Waals surface area contributed by atoms with Crippen LogP contribution in [0.25, 0.3) is 0 Å². The molecule has 0 unspecified atom stereocenters. The number of benzene rings is 1. The van der Waals surface area contributed by atoms with E-state index in [0.717, 1.165) is 0 Å². The van der Waals surface area contributed by atoms with Crippen molar-refractivity contribution >= 4 is 23.4 Å². The Kier molecular flexibility index (Phi) is 4.78. The van der Waals surface area contributed by atoms with Gasteiger partial charge in [0, 0.05) is 25.3 Å². The van der Waals surface area contributed by atoms with Gasteiger partial charge in [-0.3, -0.25) is 0 Å². The molecule has 6 nitrogen and oxygen atoms in total. The number of carbonyl (C=O) groups is 1. The van der Waals surface area contributed by atoms with Crippen LogP contribution in [0.15, 0.2) is 18.2 Å². The minimum absolute atomic E-state index is 0.367. The lowest BCUT2D eigenvalue weighted by molar-refractivity contribution is 0.262. The molecule has 0 bridgehead atoms. The minimum Gasteiger partial charge on any atom is -0.347 e. The lowest BCUT2D eigenvalue weighted by atomic mass is 10.2. The Bertz CT molecular complexity index is 722. The van der Waals surface area contributed by atoms with E-state index in [-0.39, 0.29) is 5.82 Å². The number of urea groups is 1. The first-order chi connectivity index (χ1) is 10.8. The molecule has 0 radical (unpaired) electrons. The van der Waals surface area contributed by atoms with Crippen LogP contribution in [-0.2, 0) is 0 Å². The van der Waals surface area contributed by atoms with Gasteiger partial charge in [-0.15, -0.1) is 0 Å². The van der Waals surface area contributed by atoms with Crippen LogP contribution in [0.1, 0.15) is 17.0 Å². The quantitative estimate of drug-likeness (QED) is 0.911. The molecule has 0 saturated carbocycles.